The van der Waals surface area contributed by atoms with Gasteiger partial charge in [0, 0.05) is 30.3 Å². The molecule has 7 heteroatoms. The maximum Gasteiger partial charge on any atom is 0.308 e. The van der Waals surface area contributed by atoms with Crippen LogP contribution in [0.3, 0.4) is 0 Å². The predicted octanol–water partition coefficient (Wildman–Crippen LogP) is 2.35. The lowest BCUT2D eigenvalue weighted by Crippen LogP contribution is -2.30. The van der Waals surface area contributed by atoms with Crippen LogP contribution < -0.4 is 9.47 Å². The third-order valence-corrected chi connectivity index (χ3v) is 4.86. The summed E-state index contributed by atoms with van der Waals surface area (Å²) in [5, 5.41) is 9.72. The van der Waals surface area contributed by atoms with Gasteiger partial charge in [0.25, 0.3) is 5.91 Å². The van der Waals surface area contributed by atoms with Crippen molar-refractivity contribution in [2.75, 3.05) is 27.3 Å². The number of benzene rings is 1. The Labute approximate surface area is 157 Å². The van der Waals surface area contributed by atoms with Gasteiger partial charge in [-0.25, -0.2) is 4.98 Å². The van der Waals surface area contributed by atoms with Gasteiger partial charge in [0.05, 0.1) is 20.1 Å². The van der Waals surface area contributed by atoms with Crippen LogP contribution >= 0.6 is 0 Å². The summed E-state index contributed by atoms with van der Waals surface area (Å²) in [5.74, 6) is -1.32. The van der Waals surface area contributed by atoms with Gasteiger partial charge in [-0.3, -0.25) is 9.59 Å². The number of likely N-dealkylation sites (tertiary alicyclic amines) is 1. The van der Waals surface area contributed by atoms with Crippen molar-refractivity contribution in [1.29, 1.82) is 0 Å². The van der Waals surface area contributed by atoms with Gasteiger partial charge >= 0.3 is 5.97 Å². The number of ether oxygens (including phenoxy) is 2. The summed E-state index contributed by atoms with van der Waals surface area (Å²) in [5.41, 5.74) is 1.77. The van der Waals surface area contributed by atoms with Crippen molar-refractivity contribution < 1.29 is 24.2 Å². The molecule has 1 fully saturated rings. The number of para-hydroxylation sites is 1. The molecular formula is C20H22N2O5. The van der Waals surface area contributed by atoms with E-state index >= 15 is 0 Å². The second-order valence-corrected chi connectivity index (χ2v) is 6.51. The fraction of sp³-hybridized carbons (Fsp3) is 0.350. The van der Waals surface area contributed by atoms with E-state index in [0.29, 0.717) is 17.2 Å². The Balaban J connectivity index is 1.95. The first-order chi connectivity index (χ1) is 13.0. The number of hydrogen-bond donors (Lipinski definition) is 1. The average molecular weight is 370 g/mol. The Morgan fingerprint density at radius 1 is 1.11 bits per heavy atom. The lowest BCUT2D eigenvalue weighted by Gasteiger charge is -2.20. The maximum absolute atomic E-state index is 12.8. The van der Waals surface area contributed by atoms with Crippen molar-refractivity contribution >= 4 is 11.9 Å². The molecule has 1 aromatic heterocycles. The van der Waals surface area contributed by atoms with E-state index in [-0.39, 0.29) is 19.0 Å². The maximum atomic E-state index is 12.8. The molecule has 142 valence electrons. The molecule has 2 aromatic rings. The normalized spacial score (nSPS) is 19.0. The van der Waals surface area contributed by atoms with Crippen molar-refractivity contribution in [3.05, 3.63) is 53.3 Å². The summed E-state index contributed by atoms with van der Waals surface area (Å²) < 4.78 is 10.8. The first-order valence-corrected chi connectivity index (χ1v) is 8.63. The first kappa shape index (κ1) is 18.7. The van der Waals surface area contributed by atoms with Crippen LogP contribution in [-0.2, 0) is 4.79 Å². The molecular weight excluding hydrogens is 348 g/mol. The number of carbonyl (C=O) groups is 2. The van der Waals surface area contributed by atoms with Crippen molar-refractivity contribution in [1.82, 2.24) is 9.88 Å². The number of hydrogen-bond acceptors (Lipinski definition) is 5. The van der Waals surface area contributed by atoms with Crippen LogP contribution in [0.1, 0.15) is 27.7 Å². The van der Waals surface area contributed by atoms with Crippen LogP contribution in [0.4, 0.5) is 0 Å². The zero-order chi connectivity index (χ0) is 19.6. The quantitative estimate of drug-likeness (QED) is 0.869. The second kappa shape index (κ2) is 7.65. The summed E-state index contributed by atoms with van der Waals surface area (Å²) >= 11 is 0. The fourth-order valence-corrected chi connectivity index (χ4v) is 3.56. The summed E-state index contributed by atoms with van der Waals surface area (Å²) in [4.78, 5) is 30.5. The third-order valence-electron chi connectivity index (χ3n) is 4.86. The minimum absolute atomic E-state index is 0.120. The van der Waals surface area contributed by atoms with E-state index in [1.54, 1.807) is 29.2 Å². The highest BCUT2D eigenvalue weighted by atomic mass is 16.5. The van der Waals surface area contributed by atoms with E-state index in [9.17, 15) is 14.7 Å². The Morgan fingerprint density at radius 2 is 1.85 bits per heavy atom. The molecule has 2 atom stereocenters. The van der Waals surface area contributed by atoms with Gasteiger partial charge in [0.1, 0.15) is 5.69 Å². The zero-order valence-electron chi connectivity index (χ0n) is 15.5. The van der Waals surface area contributed by atoms with Crippen LogP contribution in [0.5, 0.6) is 11.5 Å². The van der Waals surface area contributed by atoms with Crippen LogP contribution in [0.15, 0.2) is 36.4 Å². The lowest BCUT2D eigenvalue weighted by atomic mass is 9.88. The zero-order valence-corrected chi connectivity index (χ0v) is 15.5. The molecule has 0 bridgehead atoms. The Kier molecular flexibility index (Phi) is 5.30. The summed E-state index contributed by atoms with van der Waals surface area (Å²) in [6.45, 7) is 2.20. The molecule has 3 rings (SSSR count). The highest BCUT2D eigenvalue weighted by molar-refractivity contribution is 5.93. The number of aliphatic carboxylic acids is 1. The van der Waals surface area contributed by atoms with Gasteiger partial charge in [-0.15, -0.1) is 0 Å². The molecule has 1 saturated heterocycles. The topological polar surface area (TPSA) is 89.0 Å². The number of carboxylic acid groups (broad SMARTS) is 1. The molecule has 2 heterocycles. The Hall–Kier alpha value is -3.09. The van der Waals surface area contributed by atoms with Gasteiger partial charge in [0.2, 0.25) is 0 Å². The standard InChI is InChI=1S/C20H22N2O5/c1-12-6-4-8-16(21-12)19(23)22-10-14(15(11-22)20(24)25)13-7-5-9-17(26-2)18(13)27-3/h4-9,14-15H,10-11H2,1-3H3,(H,24,25)/t14-,15+/m0/s1. The van der Waals surface area contributed by atoms with Crippen molar-refractivity contribution in [2.45, 2.75) is 12.8 Å². The number of carbonyl (C=O) groups excluding carboxylic acids is 1. The summed E-state index contributed by atoms with van der Waals surface area (Å²) in [7, 11) is 3.05. The number of pyridine rings is 1. The van der Waals surface area contributed by atoms with E-state index in [0.717, 1.165) is 11.3 Å². The van der Waals surface area contributed by atoms with Crippen molar-refractivity contribution in [3.63, 3.8) is 0 Å². The third kappa shape index (κ3) is 3.58. The van der Waals surface area contributed by atoms with Crippen LogP contribution in [-0.4, -0.2) is 54.2 Å². The van der Waals surface area contributed by atoms with Gasteiger partial charge in [-0.05, 0) is 25.1 Å². The largest absolute Gasteiger partial charge is 0.493 e. The number of carboxylic acids is 1. The minimum atomic E-state index is -0.947. The van der Waals surface area contributed by atoms with Gasteiger partial charge < -0.3 is 19.5 Å². The monoisotopic (exact) mass is 370 g/mol. The lowest BCUT2D eigenvalue weighted by molar-refractivity contribution is -0.141. The number of nitrogens with zero attached hydrogens (tertiary/aromatic N) is 2. The molecule has 0 spiro atoms. The average Bonchev–Trinajstić information content (AvgIpc) is 3.12. The van der Waals surface area contributed by atoms with E-state index in [4.69, 9.17) is 9.47 Å². The predicted molar refractivity (Wildman–Crippen MR) is 98.3 cm³/mol. The van der Waals surface area contributed by atoms with E-state index in [2.05, 4.69) is 4.98 Å². The van der Waals surface area contributed by atoms with Gasteiger partial charge in [-0.2, -0.15) is 0 Å². The van der Waals surface area contributed by atoms with E-state index < -0.39 is 17.8 Å². The number of amides is 1. The fourth-order valence-electron chi connectivity index (χ4n) is 3.56. The molecule has 1 amide bonds. The SMILES string of the molecule is COc1cccc([C@@H]2CN(C(=O)c3cccc(C)n3)C[C@H]2C(=O)O)c1OC. The van der Waals surface area contributed by atoms with E-state index in [1.807, 2.05) is 19.1 Å². The molecule has 0 unspecified atom stereocenters. The highest BCUT2D eigenvalue weighted by Crippen LogP contribution is 2.42. The highest BCUT2D eigenvalue weighted by Gasteiger charge is 2.42. The van der Waals surface area contributed by atoms with Gasteiger partial charge in [-0.1, -0.05) is 18.2 Å². The molecule has 1 aliphatic rings. The molecule has 0 radical (unpaired) electrons. The van der Waals surface area contributed by atoms with Crippen LogP contribution in [0, 0.1) is 12.8 Å². The Bertz CT molecular complexity index is 867. The number of methoxy groups -OCH3 is 2. The molecule has 27 heavy (non-hydrogen) atoms. The molecule has 1 N–H and O–H groups in total. The number of rotatable bonds is 5. The molecule has 0 aliphatic carbocycles. The number of aryl methyl sites for hydroxylation is 1. The summed E-state index contributed by atoms with van der Waals surface area (Å²) in [6.07, 6.45) is 0. The first-order valence-electron chi connectivity index (χ1n) is 8.63. The number of aromatic nitrogens is 1. The Morgan fingerprint density at radius 3 is 2.48 bits per heavy atom. The molecule has 0 saturated carbocycles. The van der Waals surface area contributed by atoms with Crippen molar-refractivity contribution in [2.24, 2.45) is 5.92 Å². The minimum Gasteiger partial charge on any atom is -0.493 e. The van der Waals surface area contributed by atoms with Crippen LogP contribution in [0.2, 0.25) is 0 Å². The van der Waals surface area contributed by atoms with Crippen LogP contribution in [0.25, 0.3) is 0 Å². The van der Waals surface area contributed by atoms with E-state index in [1.165, 1.54) is 14.2 Å². The smallest absolute Gasteiger partial charge is 0.308 e. The molecule has 7 nitrogen and oxygen atoms in total. The second-order valence-electron chi connectivity index (χ2n) is 6.51. The summed E-state index contributed by atoms with van der Waals surface area (Å²) in [6, 6.07) is 10.6. The van der Waals surface area contributed by atoms with Gasteiger partial charge in [0.15, 0.2) is 11.5 Å². The van der Waals surface area contributed by atoms with Crippen molar-refractivity contribution in [3.8, 4) is 11.5 Å². The molecule has 1 aliphatic heterocycles. The molecule has 1 aromatic carbocycles.